The summed E-state index contributed by atoms with van der Waals surface area (Å²) < 4.78 is 0. The largest absolute Gasteiger partial charge is 0.311 e. The lowest BCUT2D eigenvalue weighted by atomic mass is 9.33. The minimum Gasteiger partial charge on any atom is -0.311 e. The van der Waals surface area contributed by atoms with Gasteiger partial charge in [-0.3, -0.25) is 0 Å². The van der Waals surface area contributed by atoms with Crippen LogP contribution in [0.5, 0.6) is 0 Å². The van der Waals surface area contributed by atoms with E-state index in [9.17, 15) is 0 Å². The molecule has 0 amide bonds. The van der Waals surface area contributed by atoms with Gasteiger partial charge >= 0.3 is 0 Å². The quantitative estimate of drug-likeness (QED) is 0.135. The highest BCUT2D eigenvalue weighted by Crippen LogP contribution is 2.48. The fourth-order valence-corrected chi connectivity index (χ4v) is 13.3. The Bertz CT molecular complexity index is 4340. The highest BCUT2D eigenvalue weighted by Gasteiger charge is 2.44. The molecule has 446 valence electrons. The number of anilines is 6. The maximum atomic E-state index is 5.87. The van der Waals surface area contributed by atoms with Crippen molar-refractivity contribution in [1.29, 1.82) is 0 Å². The van der Waals surface area contributed by atoms with Crippen molar-refractivity contribution < 1.29 is 0 Å². The Labute approximate surface area is 540 Å². The summed E-state index contributed by atoms with van der Waals surface area (Å²) in [5.41, 5.74) is 29.1. The molecular formula is C86H79BN4. The minimum absolute atomic E-state index is 0.114. The van der Waals surface area contributed by atoms with Crippen LogP contribution < -0.4 is 26.2 Å². The average Bonchev–Trinajstić information content (AvgIpc) is 0.697. The van der Waals surface area contributed by atoms with Crippen LogP contribution in [0.3, 0.4) is 0 Å². The molecule has 0 saturated carbocycles. The van der Waals surface area contributed by atoms with E-state index in [1.54, 1.807) is 0 Å². The van der Waals surface area contributed by atoms with Gasteiger partial charge in [-0.25, -0.2) is 9.97 Å². The lowest BCUT2D eigenvalue weighted by Crippen LogP contribution is -2.61. The predicted molar refractivity (Wildman–Crippen MR) is 389 cm³/mol. The summed E-state index contributed by atoms with van der Waals surface area (Å²) in [6.07, 6.45) is 0. The third kappa shape index (κ3) is 11.3. The zero-order chi connectivity index (χ0) is 63.1. The summed E-state index contributed by atoms with van der Waals surface area (Å²) in [6, 6.07) is 97.2. The Morgan fingerprint density at radius 3 is 0.868 bits per heavy atom. The van der Waals surface area contributed by atoms with Crippen LogP contribution in [0.1, 0.15) is 105 Å². The number of fused-ring (bicyclic) bond motifs is 4. The van der Waals surface area contributed by atoms with E-state index in [1.165, 1.54) is 72.0 Å². The first-order valence-corrected chi connectivity index (χ1v) is 32.3. The molecule has 0 N–H and O–H groups in total. The van der Waals surface area contributed by atoms with Crippen molar-refractivity contribution in [2.24, 2.45) is 0 Å². The Kier molecular flexibility index (Phi) is 14.6. The summed E-state index contributed by atoms with van der Waals surface area (Å²) >= 11 is 0. The molecule has 12 aromatic rings. The van der Waals surface area contributed by atoms with Crippen LogP contribution >= 0.6 is 0 Å². The number of aromatic nitrogens is 2. The SMILES string of the molecule is CC(C)(C)c1cc(-c2cc(-c3cc(C(C)(C)C)cc(C(C)(C)C)c3)nc(-c3cc4c5c(c3)N(c3ccc(-c6ccccc6)cc3)c3ccc(-c6ccccc6)cc3B5c3cc(-c5ccccc5)ccc3N4c3ccc(-c4ccccc4)cc3)n2)cc(C(C)(C)C)c1. The lowest BCUT2D eigenvalue weighted by Gasteiger charge is -2.44. The molecule has 14 rings (SSSR count). The first kappa shape index (κ1) is 58.8. The number of hydrogen-bond donors (Lipinski definition) is 0. The van der Waals surface area contributed by atoms with E-state index in [4.69, 9.17) is 9.97 Å². The standard InChI is InChI=1S/C86H79BN4/c1-83(2,3)67-45-64(46-68(53-67)84(4,5)6)75-55-76(65-47-69(85(7,8)9)54-70(48-65)86(10,11)12)89-82(88-75)66-51-79-81-80(52-66)91(72-41-35-61(36-42-72)57-27-19-14-20-28-57)78-44-38-63(59-31-23-16-24-32-59)50-74(78)87(81)73-49-62(58-29-21-15-22-30-58)37-43-77(73)90(79)71-39-33-60(34-40-71)56-25-17-13-18-26-56/h13-55H,1-12H3. The van der Waals surface area contributed by atoms with Crippen molar-refractivity contribution >= 4 is 57.2 Å². The van der Waals surface area contributed by atoms with E-state index in [0.717, 1.165) is 73.3 Å². The highest BCUT2D eigenvalue weighted by atomic mass is 15.2. The molecule has 1 aromatic heterocycles. The second-order valence-corrected chi connectivity index (χ2v) is 29.2. The molecule has 0 atom stereocenters. The lowest BCUT2D eigenvalue weighted by molar-refractivity contribution is 0.568. The van der Waals surface area contributed by atoms with Crippen LogP contribution in [-0.2, 0) is 21.7 Å². The van der Waals surface area contributed by atoms with Crippen LogP contribution in [0, 0.1) is 0 Å². The molecule has 0 aliphatic carbocycles. The molecule has 0 unspecified atom stereocenters. The van der Waals surface area contributed by atoms with Gasteiger partial charge in [0.05, 0.1) is 11.4 Å². The van der Waals surface area contributed by atoms with Gasteiger partial charge in [0.1, 0.15) is 0 Å². The van der Waals surface area contributed by atoms with Gasteiger partial charge in [0, 0.05) is 50.8 Å². The van der Waals surface area contributed by atoms with Crippen molar-refractivity contribution in [1.82, 2.24) is 9.97 Å². The molecule has 2 aliphatic heterocycles. The first-order valence-electron chi connectivity index (χ1n) is 32.3. The van der Waals surface area contributed by atoms with Crippen molar-refractivity contribution in [3.05, 3.63) is 283 Å². The molecule has 4 nitrogen and oxygen atoms in total. The smallest absolute Gasteiger partial charge is 0.252 e. The Morgan fingerprint density at radius 1 is 0.253 bits per heavy atom. The van der Waals surface area contributed by atoms with Gasteiger partial charge in [-0.1, -0.05) is 265 Å². The number of hydrogen-bond acceptors (Lipinski definition) is 4. The molecule has 2 aliphatic rings. The van der Waals surface area contributed by atoms with Gasteiger partial charge in [0.15, 0.2) is 5.82 Å². The van der Waals surface area contributed by atoms with E-state index >= 15 is 0 Å². The summed E-state index contributed by atoms with van der Waals surface area (Å²) in [4.78, 5) is 16.8. The van der Waals surface area contributed by atoms with E-state index in [1.807, 2.05) is 0 Å². The minimum atomic E-state index is -0.175. The fourth-order valence-electron chi connectivity index (χ4n) is 13.3. The van der Waals surface area contributed by atoms with Crippen LogP contribution in [0.2, 0.25) is 0 Å². The number of rotatable bonds is 9. The molecule has 0 saturated heterocycles. The van der Waals surface area contributed by atoms with Gasteiger partial charge in [-0.15, -0.1) is 0 Å². The second-order valence-electron chi connectivity index (χ2n) is 29.2. The first-order chi connectivity index (χ1) is 43.6. The zero-order valence-electron chi connectivity index (χ0n) is 54.7. The van der Waals surface area contributed by atoms with Gasteiger partial charge < -0.3 is 9.80 Å². The van der Waals surface area contributed by atoms with E-state index in [0.29, 0.717) is 5.82 Å². The summed E-state index contributed by atoms with van der Waals surface area (Å²) in [5.74, 6) is 0.661. The monoisotopic (exact) mass is 1180 g/mol. The molecular weight excluding hydrogens is 1100 g/mol. The third-order valence-corrected chi connectivity index (χ3v) is 18.7. The van der Waals surface area contributed by atoms with Gasteiger partial charge in [0.2, 0.25) is 0 Å². The van der Waals surface area contributed by atoms with Crippen molar-refractivity contribution in [3.8, 4) is 78.4 Å². The molecule has 11 aromatic carbocycles. The topological polar surface area (TPSA) is 32.3 Å². The van der Waals surface area contributed by atoms with Gasteiger partial charge in [-0.05, 0) is 184 Å². The molecule has 0 fully saturated rings. The van der Waals surface area contributed by atoms with Crippen molar-refractivity contribution in [2.75, 3.05) is 9.80 Å². The molecule has 0 bridgehead atoms. The van der Waals surface area contributed by atoms with E-state index < -0.39 is 0 Å². The van der Waals surface area contributed by atoms with Crippen LogP contribution in [0.25, 0.3) is 78.4 Å². The molecule has 0 radical (unpaired) electrons. The van der Waals surface area contributed by atoms with Crippen molar-refractivity contribution in [2.45, 2.75) is 105 Å². The Hall–Kier alpha value is -9.84. The summed E-state index contributed by atoms with van der Waals surface area (Å²) in [6.45, 7) is 27.6. The Balaban J connectivity index is 1.10. The molecule has 0 spiro atoms. The van der Waals surface area contributed by atoms with Crippen molar-refractivity contribution in [3.63, 3.8) is 0 Å². The highest BCUT2D eigenvalue weighted by molar-refractivity contribution is 7.00. The van der Waals surface area contributed by atoms with Crippen LogP contribution in [0.15, 0.2) is 261 Å². The Morgan fingerprint density at radius 2 is 0.549 bits per heavy atom. The molecule has 3 heterocycles. The molecule has 91 heavy (non-hydrogen) atoms. The van der Waals surface area contributed by atoms with Crippen LogP contribution in [-0.4, -0.2) is 16.7 Å². The zero-order valence-corrected chi connectivity index (χ0v) is 54.7. The normalized spacial score (nSPS) is 13.0. The maximum Gasteiger partial charge on any atom is 0.252 e. The fraction of sp³-hybridized carbons (Fsp3) is 0.186. The van der Waals surface area contributed by atoms with E-state index in [2.05, 4.69) is 354 Å². The summed E-state index contributed by atoms with van der Waals surface area (Å²) in [7, 11) is 0. The van der Waals surface area contributed by atoms with Gasteiger partial charge in [0.25, 0.3) is 6.71 Å². The van der Waals surface area contributed by atoms with Gasteiger partial charge in [-0.2, -0.15) is 0 Å². The predicted octanol–water partition coefficient (Wildman–Crippen LogP) is 21.4. The average molecular weight is 1180 g/mol. The molecule has 5 heteroatoms. The number of nitrogens with zero attached hydrogens (tertiary/aromatic N) is 4. The van der Waals surface area contributed by atoms with Crippen LogP contribution in [0.4, 0.5) is 34.1 Å². The van der Waals surface area contributed by atoms with E-state index in [-0.39, 0.29) is 28.4 Å². The maximum absolute atomic E-state index is 5.87. The third-order valence-electron chi connectivity index (χ3n) is 18.7. The number of benzene rings is 11. The second kappa shape index (κ2) is 22.6. The summed E-state index contributed by atoms with van der Waals surface area (Å²) in [5, 5.41) is 0.